The van der Waals surface area contributed by atoms with Gasteiger partial charge in [-0.05, 0) is 31.7 Å². The van der Waals surface area contributed by atoms with Gasteiger partial charge in [0.2, 0.25) is 17.7 Å². The monoisotopic (exact) mass is 450 g/mol. The molecule has 0 aromatic heterocycles. The third-order valence-corrected chi connectivity index (χ3v) is 4.81. The molecule has 32 heavy (non-hydrogen) atoms. The molecule has 178 valence electrons. The number of carboxylic acid groups (broad SMARTS) is 1. The molecule has 10 nitrogen and oxygen atoms in total. The Balaban J connectivity index is 2.78. The van der Waals surface area contributed by atoms with E-state index in [1.807, 2.05) is 13.8 Å². The van der Waals surface area contributed by atoms with Gasteiger partial charge >= 0.3 is 5.97 Å². The fourth-order valence-corrected chi connectivity index (χ4v) is 2.92. The van der Waals surface area contributed by atoms with E-state index in [1.54, 1.807) is 30.3 Å². The Hall–Kier alpha value is -2.98. The van der Waals surface area contributed by atoms with Crippen molar-refractivity contribution in [1.82, 2.24) is 16.0 Å². The van der Waals surface area contributed by atoms with Crippen LogP contribution in [0, 0.1) is 5.92 Å². The minimum Gasteiger partial charge on any atom is -0.480 e. The first-order valence-corrected chi connectivity index (χ1v) is 10.5. The van der Waals surface area contributed by atoms with Gasteiger partial charge in [0, 0.05) is 6.42 Å². The summed E-state index contributed by atoms with van der Waals surface area (Å²) in [6, 6.07) is 4.47. The summed E-state index contributed by atoms with van der Waals surface area (Å²) in [6.45, 7) is 6.50. The fourth-order valence-electron chi connectivity index (χ4n) is 2.92. The first-order valence-electron chi connectivity index (χ1n) is 10.5. The van der Waals surface area contributed by atoms with E-state index in [9.17, 15) is 29.4 Å². The summed E-state index contributed by atoms with van der Waals surface area (Å²) in [5, 5.41) is 26.4. The zero-order chi connectivity index (χ0) is 24.4. The Morgan fingerprint density at radius 1 is 0.875 bits per heavy atom. The number of rotatable bonds is 12. The predicted octanol–water partition coefficient (Wildman–Crippen LogP) is -0.458. The molecule has 0 aliphatic carbocycles. The lowest BCUT2D eigenvalue weighted by Gasteiger charge is -2.25. The molecule has 1 rings (SSSR count). The zero-order valence-corrected chi connectivity index (χ0v) is 18.9. The van der Waals surface area contributed by atoms with Crippen molar-refractivity contribution in [1.29, 1.82) is 0 Å². The van der Waals surface area contributed by atoms with E-state index in [0.29, 0.717) is 0 Å². The first-order chi connectivity index (χ1) is 14.9. The summed E-state index contributed by atoms with van der Waals surface area (Å²) in [6.07, 6.45) is -0.726. The zero-order valence-electron chi connectivity index (χ0n) is 18.9. The Morgan fingerprint density at radius 3 is 1.94 bits per heavy atom. The van der Waals surface area contributed by atoms with Gasteiger partial charge in [0.15, 0.2) is 0 Å². The van der Waals surface area contributed by atoms with Gasteiger partial charge in [-0.15, -0.1) is 0 Å². The largest absolute Gasteiger partial charge is 0.480 e. The topological polar surface area (TPSA) is 171 Å². The number of nitrogens with two attached hydrogens (primary N) is 1. The Morgan fingerprint density at radius 2 is 1.44 bits per heavy atom. The minimum atomic E-state index is -1.20. The number of aliphatic hydroxyl groups is 1. The maximum Gasteiger partial charge on any atom is 0.326 e. The molecule has 0 heterocycles. The number of carboxylic acids is 1. The molecule has 0 saturated heterocycles. The number of benzene rings is 1. The van der Waals surface area contributed by atoms with Gasteiger partial charge in [-0.2, -0.15) is 0 Å². The maximum absolute atomic E-state index is 12.7. The Bertz CT molecular complexity index is 784. The first kappa shape index (κ1) is 27.1. The third kappa shape index (κ3) is 9.03. The molecular weight excluding hydrogens is 416 g/mol. The molecule has 0 aliphatic rings. The summed E-state index contributed by atoms with van der Waals surface area (Å²) in [7, 11) is 0. The van der Waals surface area contributed by atoms with Crippen LogP contribution in [-0.4, -0.2) is 64.2 Å². The lowest BCUT2D eigenvalue weighted by atomic mass is 10.0. The van der Waals surface area contributed by atoms with E-state index in [1.165, 1.54) is 13.8 Å². The second-order valence-corrected chi connectivity index (χ2v) is 8.28. The Labute approximate surface area is 187 Å². The van der Waals surface area contributed by atoms with Gasteiger partial charge in [-0.1, -0.05) is 44.2 Å². The van der Waals surface area contributed by atoms with E-state index >= 15 is 0 Å². The number of aliphatic carboxylic acids is 1. The highest BCUT2D eigenvalue weighted by atomic mass is 16.4. The van der Waals surface area contributed by atoms with Gasteiger partial charge in [-0.3, -0.25) is 14.4 Å². The molecule has 5 unspecified atom stereocenters. The van der Waals surface area contributed by atoms with Gasteiger partial charge in [0.1, 0.15) is 24.2 Å². The number of carbonyl (C=O) groups is 4. The smallest absolute Gasteiger partial charge is 0.326 e. The SMILES string of the molecule is CC(C)CC(NC(=O)C(N)C(C)O)C(=O)NC(C)C(=O)NC(Cc1ccccc1)C(=O)O. The highest BCUT2D eigenvalue weighted by molar-refractivity contribution is 5.94. The lowest BCUT2D eigenvalue weighted by Crippen LogP contribution is -2.57. The van der Waals surface area contributed by atoms with Crippen LogP contribution < -0.4 is 21.7 Å². The van der Waals surface area contributed by atoms with Crippen LogP contribution in [0.2, 0.25) is 0 Å². The molecule has 0 saturated carbocycles. The predicted molar refractivity (Wildman–Crippen MR) is 118 cm³/mol. The van der Waals surface area contributed by atoms with Gasteiger partial charge in [0.25, 0.3) is 0 Å². The molecule has 0 fully saturated rings. The molecular formula is C22H34N4O6. The van der Waals surface area contributed by atoms with Crippen molar-refractivity contribution >= 4 is 23.7 Å². The third-order valence-electron chi connectivity index (χ3n) is 4.81. The molecule has 0 aliphatic heterocycles. The summed E-state index contributed by atoms with van der Waals surface area (Å²) >= 11 is 0. The van der Waals surface area contributed by atoms with E-state index < -0.39 is 54.0 Å². The van der Waals surface area contributed by atoms with Crippen molar-refractivity contribution in [3.63, 3.8) is 0 Å². The molecule has 7 N–H and O–H groups in total. The summed E-state index contributed by atoms with van der Waals surface area (Å²) in [4.78, 5) is 49.0. The van der Waals surface area contributed by atoms with Crippen LogP contribution in [0.4, 0.5) is 0 Å². The van der Waals surface area contributed by atoms with Crippen LogP contribution in [0.3, 0.4) is 0 Å². The number of carbonyl (C=O) groups excluding carboxylic acids is 3. The standard InChI is InChI=1S/C22H34N4O6/c1-12(2)10-16(25-21(30)18(23)14(4)27)20(29)24-13(3)19(28)26-17(22(31)32)11-15-8-6-5-7-9-15/h5-9,12-14,16-18,27H,10-11,23H2,1-4H3,(H,24,29)(H,25,30)(H,26,28)(H,31,32). The van der Waals surface area contributed by atoms with Crippen LogP contribution in [0.25, 0.3) is 0 Å². The summed E-state index contributed by atoms with van der Waals surface area (Å²) in [5.74, 6) is -3.12. The van der Waals surface area contributed by atoms with Gasteiger partial charge < -0.3 is 31.9 Å². The van der Waals surface area contributed by atoms with Crippen molar-refractivity contribution in [3.8, 4) is 0 Å². The van der Waals surface area contributed by atoms with Crippen molar-refractivity contribution in [2.75, 3.05) is 0 Å². The molecule has 0 spiro atoms. The highest BCUT2D eigenvalue weighted by Gasteiger charge is 2.29. The number of hydrogen-bond donors (Lipinski definition) is 6. The molecule has 5 atom stereocenters. The quantitative estimate of drug-likeness (QED) is 0.250. The molecule has 0 radical (unpaired) electrons. The normalized spacial score (nSPS) is 15.7. The van der Waals surface area contributed by atoms with E-state index in [0.717, 1.165) is 5.56 Å². The summed E-state index contributed by atoms with van der Waals surface area (Å²) < 4.78 is 0. The average molecular weight is 451 g/mol. The molecule has 1 aromatic carbocycles. The van der Waals surface area contributed by atoms with Crippen molar-refractivity contribution in [2.24, 2.45) is 11.7 Å². The van der Waals surface area contributed by atoms with Crippen LogP contribution in [0.1, 0.15) is 39.7 Å². The van der Waals surface area contributed by atoms with Crippen LogP contribution in [0.5, 0.6) is 0 Å². The number of aliphatic hydroxyl groups excluding tert-OH is 1. The Kier molecular flexibility index (Phi) is 10.8. The average Bonchev–Trinajstić information content (AvgIpc) is 2.72. The minimum absolute atomic E-state index is 0.0419. The second-order valence-electron chi connectivity index (χ2n) is 8.28. The van der Waals surface area contributed by atoms with Crippen LogP contribution in [-0.2, 0) is 25.6 Å². The van der Waals surface area contributed by atoms with Crippen molar-refractivity contribution in [2.45, 2.75) is 70.8 Å². The second kappa shape index (κ2) is 12.8. The summed E-state index contributed by atoms with van der Waals surface area (Å²) in [5.41, 5.74) is 6.36. The van der Waals surface area contributed by atoms with E-state index in [2.05, 4.69) is 16.0 Å². The van der Waals surface area contributed by atoms with E-state index in [4.69, 9.17) is 5.73 Å². The lowest BCUT2D eigenvalue weighted by molar-refractivity contribution is -0.142. The number of hydrogen-bond acceptors (Lipinski definition) is 6. The van der Waals surface area contributed by atoms with Crippen molar-refractivity contribution in [3.05, 3.63) is 35.9 Å². The number of nitrogens with one attached hydrogen (secondary N) is 3. The maximum atomic E-state index is 12.7. The highest BCUT2D eigenvalue weighted by Crippen LogP contribution is 2.07. The molecule has 10 heteroatoms. The molecule has 1 aromatic rings. The fraction of sp³-hybridized carbons (Fsp3) is 0.545. The van der Waals surface area contributed by atoms with Crippen LogP contribution >= 0.6 is 0 Å². The number of amides is 3. The van der Waals surface area contributed by atoms with Crippen molar-refractivity contribution < 1.29 is 29.4 Å². The van der Waals surface area contributed by atoms with Crippen LogP contribution in [0.15, 0.2) is 30.3 Å². The molecule has 3 amide bonds. The van der Waals surface area contributed by atoms with Gasteiger partial charge in [0.05, 0.1) is 6.10 Å². The van der Waals surface area contributed by atoms with Gasteiger partial charge in [-0.25, -0.2) is 4.79 Å². The van der Waals surface area contributed by atoms with E-state index in [-0.39, 0.29) is 18.8 Å². The molecule has 0 bridgehead atoms.